The molecule has 254 valence electrons. The SMILES string of the molecule is c1ccc(-c2nc3c(-c4ccccc4)ccc(-c4ccc(N(c5cccc(-c6cccc7ccccc67)c5)c5cccc6ccccc56)cc4)c3o2)cc1. The Balaban J connectivity index is 1.12. The zero-order valence-electron chi connectivity index (χ0n) is 29.4. The highest BCUT2D eigenvalue weighted by atomic mass is 16.3. The van der Waals surface area contributed by atoms with Crippen molar-refractivity contribution in [3.63, 3.8) is 0 Å². The lowest BCUT2D eigenvalue weighted by Gasteiger charge is -2.27. The molecule has 9 aromatic carbocycles. The molecule has 0 spiro atoms. The van der Waals surface area contributed by atoms with Crippen LogP contribution >= 0.6 is 0 Å². The number of fused-ring (bicyclic) bond motifs is 3. The third kappa shape index (κ3) is 5.60. The van der Waals surface area contributed by atoms with Gasteiger partial charge in [-0.15, -0.1) is 0 Å². The molecule has 3 nitrogen and oxygen atoms in total. The summed E-state index contributed by atoms with van der Waals surface area (Å²) < 4.78 is 6.63. The first-order chi connectivity index (χ1) is 26.8. The fourth-order valence-electron chi connectivity index (χ4n) is 7.70. The molecule has 0 unspecified atom stereocenters. The number of hydrogen-bond donors (Lipinski definition) is 0. The van der Waals surface area contributed by atoms with Crippen molar-refractivity contribution < 1.29 is 4.42 Å². The van der Waals surface area contributed by atoms with Gasteiger partial charge in [-0.3, -0.25) is 0 Å². The van der Waals surface area contributed by atoms with Crippen LogP contribution in [0.5, 0.6) is 0 Å². The van der Waals surface area contributed by atoms with Crippen LogP contribution in [0.1, 0.15) is 0 Å². The van der Waals surface area contributed by atoms with Gasteiger partial charge in [0, 0.05) is 33.5 Å². The molecular weight excluding hydrogens is 657 g/mol. The van der Waals surface area contributed by atoms with E-state index >= 15 is 0 Å². The Hall–Kier alpha value is -7.23. The minimum absolute atomic E-state index is 0.611. The van der Waals surface area contributed by atoms with Crippen molar-refractivity contribution in [1.29, 1.82) is 0 Å². The molecule has 0 atom stereocenters. The Morgan fingerprint density at radius 1 is 0.370 bits per heavy atom. The minimum atomic E-state index is 0.611. The maximum Gasteiger partial charge on any atom is 0.227 e. The highest BCUT2D eigenvalue weighted by Crippen LogP contribution is 2.43. The van der Waals surface area contributed by atoms with Crippen molar-refractivity contribution in [2.24, 2.45) is 0 Å². The Bertz CT molecular complexity index is 2920. The van der Waals surface area contributed by atoms with Crippen molar-refractivity contribution in [3.05, 3.63) is 206 Å². The molecule has 10 rings (SSSR count). The number of aromatic nitrogens is 1. The molecular formula is C51H34N2O. The number of rotatable bonds is 7. The zero-order valence-corrected chi connectivity index (χ0v) is 29.4. The summed E-state index contributed by atoms with van der Waals surface area (Å²) in [6, 6.07) is 72.8. The van der Waals surface area contributed by atoms with E-state index in [4.69, 9.17) is 9.40 Å². The van der Waals surface area contributed by atoms with Crippen molar-refractivity contribution in [2.75, 3.05) is 4.90 Å². The number of benzene rings is 9. The Morgan fingerprint density at radius 2 is 0.944 bits per heavy atom. The number of anilines is 3. The summed E-state index contributed by atoms with van der Waals surface area (Å²) in [5.41, 5.74) is 12.4. The first-order valence-corrected chi connectivity index (χ1v) is 18.3. The summed E-state index contributed by atoms with van der Waals surface area (Å²) >= 11 is 0. The van der Waals surface area contributed by atoms with E-state index in [9.17, 15) is 0 Å². The molecule has 0 amide bonds. The normalized spacial score (nSPS) is 11.3. The van der Waals surface area contributed by atoms with E-state index in [2.05, 4.69) is 175 Å². The average molecular weight is 691 g/mol. The van der Waals surface area contributed by atoms with Crippen LogP contribution in [0.3, 0.4) is 0 Å². The van der Waals surface area contributed by atoms with Gasteiger partial charge in [0.1, 0.15) is 5.52 Å². The second-order valence-electron chi connectivity index (χ2n) is 13.5. The van der Waals surface area contributed by atoms with Crippen LogP contribution in [0, 0.1) is 0 Å². The largest absolute Gasteiger partial charge is 0.435 e. The highest BCUT2D eigenvalue weighted by molar-refractivity contribution is 6.03. The second-order valence-corrected chi connectivity index (χ2v) is 13.5. The fraction of sp³-hybridized carbons (Fsp3) is 0. The molecule has 0 radical (unpaired) electrons. The van der Waals surface area contributed by atoms with Gasteiger partial charge in [-0.25, -0.2) is 4.98 Å². The highest BCUT2D eigenvalue weighted by Gasteiger charge is 2.20. The molecule has 0 N–H and O–H groups in total. The topological polar surface area (TPSA) is 29.3 Å². The maximum atomic E-state index is 6.63. The minimum Gasteiger partial charge on any atom is -0.435 e. The molecule has 54 heavy (non-hydrogen) atoms. The third-order valence-electron chi connectivity index (χ3n) is 10.3. The van der Waals surface area contributed by atoms with E-state index < -0.39 is 0 Å². The van der Waals surface area contributed by atoms with Gasteiger partial charge < -0.3 is 9.32 Å². The fourth-order valence-corrected chi connectivity index (χ4v) is 7.70. The van der Waals surface area contributed by atoms with Crippen molar-refractivity contribution in [1.82, 2.24) is 4.98 Å². The van der Waals surface area contributed by atoms with Crippen LogP contribution in [0.25, 0.3) is 77.5 Å². The summed E-state index contributed by atoms with van der Waals surface area (Å²) in [5, 5.41) is 4.86. The lowest BCUT2D eigenvalue weighted by Crippen LogP contribution is -2.10. The van der Waals surface area contributed by atoms with Crippen LogP contribution in [0.15, 0.2) is 211 Å². The van der Waals surface area contributed by atoms with Gasteiger partial charge in [0.15, 0.2) is 5.58 Å². The second kappa shape index (κ2) is 13.4. The Kier molecular flexibility index (Phi) is 7.81. The molecule has 0 aliphatic heterocycles. The molecule has 3 heteroatoms. The standard InChI is InChI=1S/C51H34N2O/c1-3-14-37(15-4-1)46-32-33-47(50-49(46)52-51(54-50)39-18-5-2-6-19-39)38-28-30-41(31-29-38)53(48-27-13-21-36-17-8-10-25-45(36)48)42-23-11-22-40(34-42)44-26-12-20-35-16-7-9-24-43(35)44/h1-34H. The van der Waals surface area contributed by atoms with Gasteiger partial charge in [0.2, 0.25) is 5.89 Å². The summed E-state index contributed by atoms with van der Waals surface area (Å²) in [7, 11) is 0. The summed E-state index contributed by atoms with van der Waals surface area (Å²) in [4.78, 5) is 7.45. The first kappa shape index (κ1) is 31.5. The number of oxazole rings is 1. The molecule has 1 aromatic heterocycles. The molecule has 0 saturated carbocycles. The average Bonchev–Trinajstić information content (AvgIpc) is 3.70. The van der Waals surface area contributed by atoms with Gasteiger partial charge in [0.05, 0.1) is 5.69 Å². The van der Waals surface area contributed by atoms with Crippen LogP contribution in [-0.2, 0) is 0 Å². The smallest absolute Gasteiger partial charge is 0.227 e. The zero-order chi connectivity index (χ0) is 35.8. The van der Waals surface area contributed by atoms with Crippen molar-refractivity contribution >= 4 is 49.7 Å². The molecule has 0 aliphatic carbocycles. The van der Waals surface area contributed by atoms with E-state index in [-0.39, 0.29) is 0 Å². The predicted molar refractivity (Wildman–Crippen MR) is 225 cm³/mol. The molecule has 0 fully saturated rings. The summed E-state index contributed by atoms with van der Waals surface area (Å²) in [6.45, 7) is 0. The van der Waals surface area contributed by atoms with Gasteiger partial charge in [0.25, 0.3) is 0 Å². The number of hydrogen-bond acceptors (Lipinski definition) is 3. The van der Waals surface area contributed by atoms with E-state index in [1.807, 2.05) is 36.4 Å². The van der Waals surface area contributed by atoms with Crippen molar-refractivity contribution in [3.8, 4) is 44.8 Å². The van der Waals surface area contributed by atoms with E-state index in [1.165, 1.54) is 32.7 Å². The van der Waals surface area contributed by atoms with Crippen molar-refractivity contribution in [2.45, 2.75) is 0 Å². The Morgan fingerprint density at radius 3 is 1.72 bits per heavy atom. The first-order valence-electron chi connectivity index (χ1n) is 18.3. The number of nitrogens with zero attached hydrogens (tertiary/aromatic N) is 2. The van der Waals surface area contributed by atoms with Gasteiger partial charge in [-0.1, -0.05) is 158 Å². The van der Waals surface area contributed by atoms with Gasteiger partial charge in [-0.05, 0) is 86.9 Å². The molecule has 0 bridgehead atoms. The van der Waals surface area contributed by atoms with Crippen LogP contribution in [-0.4, -0.2) is 4.98 Å². The Labute approximate surface area is 314 Å². The third-order valence-corrected chi connectivity index (χ3v) is 10.3. The molecule has 0 aliphatic rings. The van der Waals surface area contributed by atoms with Crippen LogP contribution in [0.4, 0.5) is 17.1 Å². The van der Waals surface area contributed by atoms with E-state index in [0.29, 0.717) is 5.89 Å². The molecule has 10 aromatic rings. The van der Waals surface area contributed by atoms with Crippen LogP contribution in [0.2, 0.25) is 0 Å². The lowest BCUT2D eigenvalue weighted by molar-refractivity contribution is 0.621. The monoisotopic (exact) mass is 690 g/mol. The lowest BCUT2D eigenvalue weighted by atomic mass is 9.97. The molecule has 0 saturated heterocycles. The van der Waals surface area contributed by atoms with Crippen LogP contribution < -0.4 is 4.90 Å². The summed E-state index contributed by atoms with van der Waals surface area (Å²) in [6.07, 6.45) is 0. The van der Waals surface area contributed by atoms with Gasteiger partial charge >= 0.3 is 0 Å². The van der Waals surface area contributed by atoms with E-state index in [1.54, 1.807) is 0 Å². The molecule has 1 heterocycles. The maximum absolute atomic E-state index is 6.63. The summed E-state index contributed by atoms with van der Waals surface area (Å²) in [5.74, 6) is 0.611. The van der Waals surface area contributed by atoms with E-state index in [0.717, 1.165) is 56.0 Å². The predicted octanol–water partition coefficient (Wildman–Crippen LogP) is 14.3. The van der Waals surface area contributed by atoms with Gasteiger partial charge in [-0.2, -0.15) is 0 Å². The quantitative estimate of drug-likeness (QED) is 0.167.